The highest BCUT2D eigenvalue weighted by Gasteiger charge is 2.30. The Morgan fingerprint density at radius 1 is 1.10 bits per heavy atom. The van der Waals surface area contributed by atoms with Crippen molar-refractivity contribution < 1.29 is 19.1 Å². The van der Waals surface area contributed by atoms with Crippen LogP contribution in [0.25, 0.3) is 6.08 Å². The van der Waals surface area contributed by atoms with Gasteiger partial charge in [0.25, 0.3) is 11.8 Å². The average Bonchev–Trinajstić information content (AvgIpc) is 2.70. The molecule has 2 aromatic rings. The van der Waals surface area contributed by atoms with Crippen LogP contribution in [-0.4, -0.2) is 35.5 Å². The molecule has 0 spiro atoms. The van der Waals surface area contributed by atoms with E-state index in [2.05, 4.69) is 21.2 Å². The second-order valence-electron chi connectivity index (χ2n) is 6.24. The van der Waals surface area contributed by atoms with Crippen molar-refractivity contribution in [2.45, 2.75) is 13.5 Å². The molecule has 1 saturated heterocycles. The first kappa shape index (κ1) is 21.0. The molecule has 150 valence electrons. The Bertz CT molecular complexity index is 989. The number of nitrogens with one attached hydrogen (secondary N) is 1. The quantitative estimate of drug-likeness (QED) is 0.392. The SMILES string of the molecule is CCOc1cc(/C=C2\C(=O)NC(=S)N(C)C2=O)ccc1OCc1ccc(Br)cc1. The molecule has 0 aliphatic carbocycles. The van der Waals surface area contributed by atoms with E-state index in [0.717, 1.165) is 10.0 Å². The summed E-state index contributed by atoms with van der Waals surface area (Å²) in [5.74, 6) is 0.139. The standard InChI is InChI=1S/C21H19BrN2O4S/c1-3-27-18-11-14(10-16-19(25)23-21(29)24(2)20(16)26)6-9-17(18)28-12-13-4-7-15(22)8-5-13/h4-11H,3,12H2,1-2H3,(H,23,25,29)/b16-10+. The van der Waals surface area contributed by atoms with Gasteiger partial charge in [-0.3, -0.25) is 19.8 Å². The minimum Gasteiger partial charge on any atom is -0.490 e. The van der Waals surface area contributed by atoms with Gasteiger partial charge in [-0.25, -0.2) is 0 Å². The minimum atomic E-state index is -0.522. The molecule has 1 aliphatic heterocycles. The van der Waals surface area contributed by atoms with Gasteiger partial charge in [-0.1, -0.05) is 34.1 Å². The van der Waals surface area contributed by atoms with Gasteiger partial charge in [-0.15, -0.1) is 0 Å². The number of benzene rings is 2. The molecule has 2 aromatic carbocycles. The predicted octanol–water partition coefficient (Wildman–Crippen LogP) is 3.68. The van der Waals surface area contributed by atoms with Crippen LogP contribution in [0.5, 0.6) is 11.5 Å². The molecule has 0 saturated carbocycles. The van der Waals surface area contributed by atoms with Crippen LogP contribution in [-0.2, 0) is 16.2 Å². The number of rotatable bonds is 6. The van der Waals surface area contributed by atoms with Crippen molar-refractivity contribution in [3.05, 3.63) is 63.6 Å². The summed E-state index contributed by atoms with van der Waals surface area (Å²) in [4.78, 5) is 25.7. The molecular formula is C21H19BrN2O4S. The number of halogens is 1. The lowest BCUT2D eigenvalue weighted by atomic mass is 10.1. The molecule has 0 atom stereocenters. The fourth-order valence-corrected chi connectivity index (χ4v) is 3.10. The van der Waals surface area contributed by atoms with E-state index in [1.807, 2.05) is 31.2 Å². The van der Waals surface area contributed by atoms with Gasteiger partial charge < -0.3 is 9.47 Å². The molecule has 1 aliphatic rings. The number of ether oxygens (including phenoxy) is 2. The van der Waals surface area contributed by atoms with Crippen molar-refractivity contribution in [1.29, 1.82) is 0 Å². The number of likely N-dealkylation sites (N-methyl/N-ethyl adjacent to an activating group) is 1. The second-order valence-corrected chi connectivity index (χ2v) is 7.54. The van der Waals surface area contributed by atoms with E-state index in [0.29, 0.717) is 30.3 Å². The maximum atomic E-state index is 12.4. The summed E-state index contributed by atoms with van der Waals surface area (Å²) < 4.78 is 12.6. The Hall–Kier alpha value is -2.71. The summed E-state index contributed by atoms with van der Waals surface area (Å²) in [6.45, 7) is 2.71. The van der Waals surface area contributed by atoms with Gasteiger partial charge in [0.15, 0.2) is 16.6 Å². The maximum absolute atomic E-state index is 12.4. The van der Waals surface area contributed by atoms with E-state index in [1.165, 1.54) is 18.0 Å². The van der Waals surface area contributed by atoms with Crippen LogP contribution in [0.2, 0.25) is 0 Å². The molecule has 0 radical (unpaired) electrons. The normalized spacial score (nSPS) is 15.5. The summed E-state index contributed by atoms with van der Waals surface area (Å²) in [5, 5.41) is 2.58. The molecule has 0 aromatic heterocycles. The van der Waals surface area contributed by atoms with E-state index in [1.54, 1.807) is 18.2 Å². The van der Waals surface area contributed by atoms with E-state index in [9.17, 15) is 9.59 Å². The zero-order chi connectivity index (χ0) is 21.0. The molecule has 1 heterocycles. The van der Waals surface area contributed by atoms with E-state index >= 15 is 0 Å². The second kappa shape index (κ2) is 9.19. The average molecular weight is 475 g/mol. The molecule has 1 N–H and O–H groups in total. The number of hydrogen-bond donors (Lipinski definition) is 1. The topological polar surface area (TPSA) is 67.9 Å². The highest BCUT2D eigenvalue weighted by Crippen LogP contribution is 2.30. The number of nitrogens with zero attached hydrogens (tertiary/aromatic N) is 1. The monoisotopic (exact) mass is 474 g/mol. The number of thiocarbonyl (C=S) groups is 1. The van der Waals surface area contributed by atoms with Crippen LogP contribution < -0.4 is 14.8 Å². The molecule has 2 amide bonds. The lowest BCUT2D eigenvalue weighted by molar-refractivity contribution is -0.128. The van der Waals surface area contributed by atoms with Gasteiger partial charge >= 0.3 is 0 Å². The third-order valence-electron chi connectivity index (χ3n) is 4.19. The van der Waals surface area contributed by atoms with Gasteiger partial charge in [-0.2, -0.15) is 0 Å². The highest BCUT2D eigenvalue weighted by molar-refractivity contribution is 9.10. The lowest BCUT2D eigenvalue weighted by Gasteiger charge is -2.25. The summed E-state index contributed by atoms with van der Waals surface area (Å²) in [7, 11) is 1.52. The first-order chi connectivity index (χ1) is 13.9. The van der Waals surface area contributed by atoms with Crippen molar-refractivity contribution >= 4 is 51.2 Å². The molecule has 0 unspecified atom stereocenters. The Labute approximate surface area is 182 Å². The van der Waals surface area contributed by atoms with Gasteiger partial charge in [0.2, 0.25) is 0 Å². The smallest absolute Gasteiger partial charge is 0.265 e. The van der Waals surface area contributed by atoms with Gasteiger partial charge in [0.05, 0.1) is 6.61 Å². The Balaban J connectivity index is 1.83. The summed E-state index contributed by atoms with van der Waals surface area (Å²) in [6, 6.07) is 13.1. The van der Waals surface area contributed by atoms with Crippen LogP contribution >= 0.6 is 28.1 Å². The van der Waals surface area contributed by atoms with Crippen molar-refractivity contribution in [1.82, 2.24) is 10.2 Å². The van der Waals surface area contributed by atoms with Gasteiger partial charge in [-0.05, 0) is 60.6 Å². The highest BCUT2D eigenvalue weighted by atomic mass is 79.9. The summed E-state index contributed by atoms with van der Waals surface area (Å²) >= 11 is 8.36. The van der Waals surface area contributed by atoms with E-state index < -0.39 is 11.8 Å². The molecule has 0 bridgehead atoms. The first-order valence-electron chi connectivity index (χ1n) is 8.88. The number of hydrogen-bond acceptors (Lipinski definition) is 5. The van der Waals surface area contributed by atoms with Crippen LogP contribution in [0.3, 0.4) is 0 Å². The Morgan fingerprint density at radius 3 is 2.52 bits per heavy atom. The van der Waals surface area contributed by atoms with Crippen molar-refractivity contribution in [2.24, 2.45) is 0 Å². The molecule has 1 fully saturated rings. The van der Waals surface area contributed by atoms with Crippen LogP contribution in [0, 0.1) is 0 Å². The zero-order valence-corrected chi connectivity index (χ0v) is 18.3. The molecular weight excluding hydrogens is 456 g/mol. The Kier molecular flexibility index (Phi) is 6.66. The van der Waals surface area contributed by atoms with Gasteiger partial charge in [0, 0.05) is 11.5 Å². The van der Waals surface area contributed by atoms with Crippen LogP contribution in [0.4, 0.5) is 0 Å². The van der Waals surface area contributed by atoms with Crippen molar-refractivity contribution in [2.75, 3.05) is 13.7 Å². The van der Waals surface area contributed by atoms with Gasteiger partial charge in [0.1, 0.15) is 12.2 Å². The van der Waals surface area contributed by atoms with Crippen molar-refractivity contribution in [3.63, 3.8) is 0 Å². The van der Waals surface area contributed by atoms with E-state index in [-0.39, 0.29) is 10.7 Å². The summed E-state index contributed by atoms with van der Waals surface area (Å²) in [6.07, 6.45) is 1.51. The number of carbonyl (C=O) groups is 2. The van der Waals surface area contributed by atoms with Crippen LogP contribution in [0.15, 0.2) is 52.5 Å². The van der Waals surface area contributed by atoms with Crippen LogP contribution in [0.1, 0.15) is 18.1 Å². The Morgan fingerprint density at radius 2 is 1.83 bits per heavy atom. The summed E-state index contributed by atoms with van der Waals surface area (Å²) in [5.41, 5.74) is 1.67. The third kappa shape index (κ3) is 5.02. The van der Waals surface area contributed by atoms with Crippen molar-refractivity contribution in [3.8, 4) is 11.5 Å². The third-order valence-corrected chi connectivity index (χ3v) is 5.10. The maximum Gasteiger partial charge on any atom is 0.265 e. The first-order valence-corrected chi connectivity index (χ1v) is 10.1. The largest absolute Gasteiger partial charge is 0.490 e. The molecule has 3 rings (SSSR count). The fourth-order valence-electron chi connectivity index (χ4n) is 2.66. The molecule has 8 heteroatoms. The van der Waals surface area contributed by atoms with E-state index in [4.69, 9.17) is 21.7 Å². The minimum absolute atomic E-state index is 0.00655. The number of carbonyl (C=O) groups excluding carboxylic acids is 2. The molecule has 29 heavy (non-hydrogen) atoms. The fraction of sp³-hybridized carbons (Fsp3) is 0.190. The molecule has 6 nitrogen and oxygen atoms in total. The predicted molar refractivity (Wildman–Crippen MR) is 118 cm³/mol. The zero-order valence-electron chi connectivity index (χ0n) is 15.9. The number of amides is 2. The lowest BCUT2D eigenvalue weighted by Crippen LogP contribution is -2.52.